The maximum atomic E-state index is 12.2. The van der Waals surface area contributed by atoms with Crippen LogP contribution in [0.25, 0.3) is 0 Å². The third-order valence-corrected chi connectivity index (χ3v) is 3.36. The number of halogens is 1. The molecule has 108 valence electrons. The molecule has 1 heterocycles. The monoisotopic (exact) mass is 350 g/mol. The number of rotatable bonds is 4. The van der Waals surface area contributed by atoms with Crippen LogP contribution in [0.5, 0.6) is 5.88 Å². The predicted octanol–water partition coefficient (Wildman–Crippen LogP) is 2.80. The fraction of sp³-hybridized carbons (Fsp3) is 0.0714. The maximum absolute atomic E-state index is 12.2. The number of carbonyl (C=O) groups excluding carboxylic acids is 1. The van der Waals surface area contributed by atoms with Gasteiger partial charge in [-0.3, -0.25) is 4.79 Å². The van der Waals surface area contributed by atoms with Crippen LogP contribution in [0.15, 0.2) is 41.0 Å². The third kappa shape index (κ3) is 3.38. The molecule has 21 heavy (non-hydrogen) atoms. The van der Waals surface area contributed by atoms with Crippen molar-refractivity contribution in [1.82, 2.24) is 4.98 Å². The highest BCUT2D eigenvalue weighted by atomic mass is 79.9. The summed E-state index contributed by atoms with van der Waals surface area (Å²) in [5.74, 6) is -1.32. The second kappa shape index (κ2) is 6.36. The Morgan fingerprint density at radius 3 is 2.71 bits per heavy atom. The molecule has 7 heteroatoms. The number of hydrogen-bond donors (Lipinski definition) is 2. The van der Waals surface area contributed by atoms with Crippen LogP contribution >= 0.6 is 15.9 Å². The van der Waals surface area contributed by atoms with Crippen molar-refractivity contribution in [2.24, 2.45) is 0 Å². The van der Waals surface area contributed by atoms with Gasteiger partial charge in [-0.05, 0) is 46.3 Å². The maximum Gasteiger partial charge on any atom is 0.336 e. The van der Waals surface area contributed by atoms with E-state index < -0.39 is 11.9 Å². The zero-order chi connectivity index (χ0) is 15.4. The number of nitrogens with one attached hydrogen (secondary N) is 1. The number of aromatic nitrogens is 1. The topological polar surface area (TPSA) is 88.5 Å². The lowest BCUT2D eigenvalue weighted by molar-refractivity contribution is 0.0695. The number of ether oxygens (including phenoxy) is 1. The van der Waals surface area contributed by atoms with Gasteiger partial charge in [-0.2, -0.15) is 0 Å². The minimum atomic E-state index is -1.09. The lowest BCUT2D eigenvalue weighted by Gasteiger charge is -2.09. The van der Waals surface area contributed by atoms with Gasteiger partial charge in [0, 0.05) is 16.4 Å². The average Bonchev–Trinajstić information content (AvgIpc) is 2.48. The minimum absolute atomic E-state index is 0.0611. The first-order valence-corrected chi connectivity index (χ1v) is 6.65. The highest BCUT2D eigenvalue weighted by Gasteiger charge is 2.15. The van der Waals surface area contributed by atoms with E-state index in [4.69, 9.17) is 9.84 Å². The van der Waals surface area contributed by atoms with Gasteiger partial charge in [0.1, 0.15) is 5.56 Å². The molecule has 2 rings (SSSR count). The Morgan fingerprint density at radius 1 is 1.29 bits per heavy atom. The number of pyridine rings is 1. The van der Waals surface area contributed by atoms with Crippen LogP contribution < -0.4 is 10.1 Å². The van der Waals surface area contributed by atoms with Gasteiger partial charge >= 0.3 is 5.97 Å². The third-order valence-electron chi connectivity index (χ3n) is 2.66. The fourth-order valence-corrected chi connectivity index (χ4v) is 2.11. The molecule has 0 aliphatic rings. The highest BCUT2D eigenvalue weighted by molar-refractivity contribution is 9.10. The minimum Gasteiger partial charge on any atom is -0.480 e. The summed E-state index contributed by atoms with van der Waals surface area (Å²) in [5.41, 5.74) is 0.692. The lowest BCUT2D eigenvalue weighted by atomic mass is 10.2. The summed E-state index contributed by atoms with van der Waals surface area (Å²) in [4.78, 5) is 27.2. The fourth-order valence-electron chi connectivity index (χ4n) is 1.69. The quantitative estimate of drug-likeness (QED) is 0.884. The molecule has 0 saturated carbocycles. The summed E-state index contributed by atoms with van der Waals surface area (Å²) in [6.45, 7) is 0. The first kappa shape index (κ1) is 15.0. The van der Waals surface area contributed by atoms with Crippen LogP contribution in [0.2, 0.25) is 0 Å². The van der Waals surface area contributed by atoms with Gasteiger partial charge in [0.25, 0.3) is 5.91 Å². The number of amides is 1. The summed E-state index contributed by atoms with van der Waals surface area (Å²) in [7, 11) is 1.42. The molecule has 0 aliphatic heterocycles. The van der Waals surface area contributed by atoms with Crippen molar-refractivity contribution < 1.29 is 19.4 Å². The number of anilines is 1. The highest BCUT2D eigenvalue weighted by Crippen LogP contribution is 2.22. The molecule has 0 bridgehead atoms. The zero-order valence-electron chi connectivity index (χ0n) is 11.0. The van der Waals surface area contributed by atoms with E-state index in [9.17, 15) is 9.59 Å². The van der Waals surface area contributed by atoms with E-state index in [1.807, 2.05) is 0 Å². The van der Waals surface area contributed by atoms with Gasteiger partial charge in [-0.25, -0.2) is 9.78 Å². The Balaban J connectivity index is 2.28. The van der Waals surface area contributed by atoms with Gasteiger partial charge in [0.15, 0.2) is 0 Å². The Morgan fingerprint density at radius 2 is 2.05 bits per heavy atom. The number of carboxylic acid groups (broad SMARTS) is 1. The van der Waals surface area contributed by atoms with E-state index in [1.54, 1.807) is 24.3 Å². The van der Waals surface area contributed by atoms with Crippen molar-refractivity contribution in [3.63, 3.8) is 0 Å². The van der Waals surface area contributed by atoms with Crippen LogP contribution in [0, 0.1) is 0 Å². The zero-order valence-corrected chi connectivity index (χ0v) is 12.5. The number of nitrogens with zero attached hydrogens (tertiary/aromatic N) is 1. The molecule has 0 unspecified atom stereocenters. The van der Waals surface area contributed by atoms with Crippen LogP contribution in [-0.2, 0) is 0 Å². The summed E-state index contributed by atoms with van der Waals surface area (Å²) >= 11 is 3.14. The summed E-state index contributed by atoms with van der Waals surface area (Å²) in [6, 6.07) is 7.70. The second-order valence-electron chi connectivity index (χ2n) is 4.01. The van der Waals surface area contributed by atoms with Crippen molar-refractivity contribution in [3.05, 3.63) is 52.1 Å². The molecular weight excluding hydrogens is 340 g/mol. The molecular formula is C14H11BrN2O4. The average molecular weight is 351 g/mol. The van der Waals surface area contributed by atoms with Crippen LogP contribution in [0.3, 0.4) is 0 Å². The first-order valence-electron chi connectivity index (χ1n) is 5.86. The molecule has 0 spiro atoms. The number of hydrogen-bond acceptors (Lipinski definition) is 4. The van der Waals surface area contributed by atoms with E-state index in [1.165, 1.54) is 19.4 Å². The molecule has 0 fully saturated rings. The van der Waals surface area contributed by atoms with Crippen LogP contribution in [0.4, 0.5) is 5.69 Å². The number of aromatic carboxylic acids is 1. The normalized spacial score (nSPS) is 10.0. The first-order chi connectivity index (χ1) is 10.0. The number of methoxy groups -OCH3 is 1. The Labute approximate surface area is 128 Å². The smallest absolute Gasteiger partial charge is 0.336 e. The molecule has 1 amide bonds. The second-order valence-corrected chi connectivity index (χ2v) is 4.87. The van der Waals surface area contributed by atoms with Crippen molar-refractivity contribution in [1.29, 1.82) is 0 Å². The number of carbonyl (C=O) groups is 2. The number of benzene rings is 1. The molecule has 2 N–H and O–H groups in total. The van der Waals surface area contributed by atoms with Gasteiger partial charge in [-0.1, -0.05) is 0 Å². The standard InChI is InChI=1S/C14H11BrN2O4/c1-21-13-9(3-2-6-16-13)12(18)17-8-4-5-11(15)10(7-8)14(19)20/h2-7H,1H3,(H,17,18)(H,19,20). The Bertz CT molecular complexity index is 703. The van der Waals surface area contributed by atoms with Gasteiger partial charge in [0.2, 0.25) is 5.88 Å². The van der Waals surface area contributed by atoms with E-state index in [0.29, 0.717) is 10.2 Å². The molecule has 0 atom stereocenters. The van der Waals surface area contributed by atoms with Crippen molar-refractivity contribution in [3.8, 4) is 5.88 Å². The molecule has 1 aromatic heterocycles. The summed E-state index contributed by atoms with van der Waals surface area (Å²) in [5, 5.41) is 11.7. The molecule has 0 aliphatic carbocycles. The molecule has 6 nitrogen and oxygen atoms in total. The predicted molar refractivity (Wildman–Crippen MR) is 79.8 cm³/mol. The van der Waals surface area contributed by atoms with Crippen LogP contribution in [-0.4, -0.2) is 29.1 Å². The van der Waals surface area contributed by atoms with E-state index in [2.05, 4.69) is 26.2 Å². The van der Waals surface area contributed by atoms with Gasteiger partial charge in [0.05, 0.1) is 12.7 Å². The Kier molecular flexibility index (Phi) is 4.54. The van der Waals surface area contributed by atoms with E-state index in [-0.39, 0.29) is 17.0 Å². The van der Waals surface area contributed by atoms with E-state index in [0.717, 1.165) is 0 Å². The van der Waals surface area contributed by atoms with Crippen molar-refractivity contribution >= 4 is 33.5 Å². The lowest BCUT2D eigenvalue weighted by Crippen LogP contribution is -2.14. The molecule has 1 aromatic carbocycles. The van der Waals surface area contributed by atoms with Crippen molar-refractivity contribution in [2.45, 2.75) is 0 Å². The molecule has 0 radical (unpaired) electrons. The SMILES string of the molecule is COc1ncccc1C(=O)Nc1ccc(Br)c(C(=O)O)c1. The number of carboxylic acids is 1. The van der Waals surface area contributed by atoms with Gasteiger partial charge in [-0.15, -0.1) is 0 Å². The van der Waals surface area contributed by atoms with Crippen LogP contribution in [0.1, 0.15) is 20.7 Å². The molecule has 0 saturated heterocycles. The summed E-state index contributed by atoms with van der Waals surface area (Å²) in [6.07, 6.45) is 1.51. The van der Waals surface area contributed by atoms with E-state index >= 15 is 0 Å². The van der Waals surface area contributed by atoms with Crippen molar-refractivity contribution in [2.75, 3.05) is 12.4 Å². The van der Waals surface area contributed by atoms with Gasteiger partial charge < -0.3 is 15.2 Å². The molecule has 2 aromatic rings. The Hall–Kier alpha value is -2.41. The largest absolute Gasteiger partial charge is 0.480 e. The summed E-state index contributed by atoms with van der Waals surface area (Å²) < 4.78 is 5.45.